The van der Waals surface area contributed by atoms with Gasteiger partial charge in [0.15, 0.2) is 0 Å². The lowest BCUT2D eigenvalue weighted by atomic mass is 9.98. The molecule has 11 rings (SSSR count). The fourth-order valence-electron chi connectivity index (χ4n) is 10.1. The summed E-state index contributed by atoms with van der Waals surface area (Å²) in [5, 5.41) is 25.9. The molecule has 0 aliphatic carbocycles. The number of ether oxygens (including phenoxy) is 4. The van der Waals surface area contributed by atoms with Gasteiger partial charge in [-0.1, -0.05) is 82.3 Å². The first-order chi connectivity index (χ1) is 45.4. The van der Waals surface area contributed by atoms with E-state index in [9.17, 15) is 73.8 Å². The van der Waals surface area contributed by atoms with E-state index in [1.54, 1.807) is 97.9 Å². The first-order valence-electron chi connectivity index (χ1n) is 29.2. The molecule has 0 radical (unpaired) electrons. The number of hydrogen-bond donors (Lipinski definition) is 6. The topological polar surface area (TPSA) is 330 Å². The van der Waals surface area contributed by atoms with Gasteiger partial charge >= 0.3 is 28.7 Å². The Bertz CT molecular complexity index is 3770. The van der Waals surface area contributed by atoms with Crippen LogP contribution in [0.4, 0.5) is 58.4 Å². The molecule has 3 aromatic carbocycles. The number of rotatable bonds is 14. The zero-order valence-electron chi connectivity index (χ0n) is 50.9. The Labute approximate surface area is 548 Å². The van der Waals surface area contributed by atoms with Crippen LogP contribution < -0.4 is 44.4 Å². The Morgan fingerprint density at radius 2 is 0.760 bits per heavy atom. The maximum atomic E-state index is 14.5. The minimum Gasteiger partial charge on any atom is -0.394 e. The number of carbonyl (C=O) groups is 3. The van der Waals surface area contributed by atoms with Crippen LogP contribution in [0.15, 0.2) is 159 Å². The van der Waals surface area contributed by atoms with Crippen LogP contribution in [0.1, 0.15) is 90.1 Å². The molecule has 514 valence electrons. The minimum absolute atomic E-state index is 0.0125. The third kappa shape index (κ3) is 15.8. The second-order valence-corrected chi connectivity index (χ2v) is 22.6. The van der Waals surface area contributed by atoms with Gasteiger partial charge in [0.05, 0.1) is 48.6 Å². The van der Waals surface area contributed by atoms with Crippen LogP contribution in [0.3, 0.4) is 0 Å². The van der Waals surface area contributed by atoms with E-state index in [1.165, 1.54) is 51.2 Å². The number of aromatic nitrogens is 8. The van der Waals surface area contributed by atoms with Crippen molar-refractivity contribution >= 4 is 64.2 Å². The van der Waals surface area contributed by atoms with Crippen LogP contribution in [0, 0.1) is 17.8 Å². The number of anilines is 4. The van der Waals surface area contributed by atoms with Crippen LogP contribution in [-0.4, -0.2) is 139 Å². The summed E-state index contributed by atoms with van der Waals surface area (Å²) in [6, 6.07) is 30.0. The molecule has 35 heteroatoms. The highest BCUT2D eigenvalue weighted by Crippen LogP contribution is 2.49. The molecule has 3 amide bonds. The molecule has 4 aliphatic rings. The molecule has 7 N–H and O–H groups in total. The summed E-state index contributed by atoms with van der Waals surface area (Å²) < 4.78 is 137. The number of hydrogen-bond acceptors (Lipinski definition) is 18. The van der Waals surface area contributed by atoms with Gasteiger partial charge in [-0.05, 0) is 67.1 Å². The lowest BCUT2D eigenvalue weighted by molar-refractivity contribution is -0.140. The molecule has 0 spiro atoms. The highest BCUT2D eigenvalue weighted by Gasteiger charge is 2.61. The Morgan fingerprint density at radius 3 is 1.04 bits per heavy atom. The minimum atomic E-state index is -3.64. The molecule has 0 bridgehead atoms. The molecule has 25 nitrogen and oxygen atoms in total. The first-order valence-corrected chi connectivity index (χ1v) is 30.2. The summed E-state index contributed by atoms with van der Waals surface area (Å²) in [5.74, 6) is -18.9. The maximum Gasteiger partial charge on any atom is 0.351 e. The molecule has 0 unspecified atom stereocenters. The van der Waals surface area contributed by atoms with Crippen LogP contribution >= 0.6 is 23.2 Å². The number of nitrogen functional groups attached to an aromatic ring is 1. The van der Waals surface area contributed by atoms with Gasteiger partial charge in [-0.25, -0.2) is 45.5 Å². The average molecular weight is 1390 g/mol. The van der Waals surface area contributed by atoms with Crippen molar-refractivity contribution in [3.05, 3.63) is 199 Å². The lowest BCUT2D eigenvalue weighted by Crippen LogP contribution is -2.41. The van der Waals surface area contributed by atoms with Crippen molar-refractivity contribution in [1.29, 1.82) is 0 Å². The molecule has 4 aliphatic heterocycles. The van der Waals surface area contributed by atoms with Crippen molar-refractivity contribution in [2.45, 2.75) is 113 Å². The summed E-state index contributed by atoms with van der Waals surface area (Å²) in [5.41, 5.74) is 2.54. The summed E-state index contributed by atoms with van der Waals surface area (Å²) in [6.07, 6.45) is -8.42. The molecule has 96 heavy (non-hydrogen) atoms. The van der Waals surface area contributed by atoms with E-state index >= 15 is 0 Å². The van der Waals surface area contributed by atoms with E-state index in [-0.39, 0.29) is 35.0 Å². The molecule has 8 heterocycles. The second-order valence-electron chi connectivity index (χ2n) is 22.0. The number of halogens is 10. The second kappa shape index (κ2) is 30.5. The van der Waals surface area contributed by atoms with Gasteiger partial charge in [0.1, 0.15) is 35.5 Å². The van der Waals surface area contributed by atoms with Crippen LogP contribution in [0.25, 0.3) is 0 Å². The summed E-state index contributed by atoms with van der Waals surface area (Å²) in [6.45, 7) is 5.14. The number of benzene rings is 3. The maximum absolute atomic E-state index is 14.5. The Balaban J connectivity index is 0.000000165. The number of aliphatic hydroxyl groups is 2. The van der Waals surface area contributed by atoms with Crippen molar-refractivity contribution in [3.63, 3.8) is 0 Å². The normalized spacial score (nSPS) is 25.5. The van der Waals surface area contributed by atoms with E-state index in [1.807, 2.05) is 0 Å². The molecule has 12 atom stereocenters. The van der Waals surface area contributed by atoms with Crippen molar-refractivity contribution in [2.24, 2.45) is 17.8 Å². The Morgan fingerprint density at radius 1 is 0.469 bits per heavy atom. The largest absolute Gasteiger partial charge is 0.394 e. The van der Waals surface area contributed by atoms with Gasteiger partial charge in [-0.15, -0.1) is 23.2 Å². The lowest BCUT2D eigenvalue weighted by Gasteiger charge is -2.21. The fraction of sp³-hybridized carbons (Fsp3) is 0.393. The van der Waals surface area contributed by atoms with E-state index in [4.69, 9.17) is 53.0 Å². The van der Waals surface area contributed by atoms with Crippen molar-refractivity contribution < 1.29 is 78.7 Å². The monoisotopic (exact) mass is 1390 g/mol. The SMILES string of the molecule is CC[C@H]1O[C@@H](n2ccc(NC(=O)c3ccccc3)nc2=O)C(F)(F)[C@@H]1C.C[C@@H]1[C@@H](CCl)O[C@@H](n2ccc(NC(=O)c3ccccc3)nc2=O)C1(F)F.C[C@@H]1[C@@H](CO)O[C@@H](n2ccc(NC(=O)c3ccccc3)nc2=O)C1(F)F.Nc1ccn([C@@H]2O[C@H](CCl)[C@@H](O)C2(F)F)c(=O)n1. The summed E-state index contributed by atoms with van der Waals surface area (Å²) in [7, 11) is 0. The molecular weight excluding hydrogens is 1330 g/mol. The number of nitrogens with two attached hydrogens (primary N) is 1. The number of nitrogens with zero attached hydrogens (tertiary/aromatic N) is 8. The predicted octanol–water partition coefficient (Wildman–Crippen LogP) is 7.59. The molecule has 7 aromatic rings. The van der Waals surface area contributed by atoms with Gasteiger partial charge in [0.25, 0.3) is 35.5 Å². The smallest absolute Gasteiger partial charge is 0.351 e. The third-order valence-corrected chi connectivity index (χ3v) is 16.5. The fourth-order valence-corrected chi connectivity index (χ4v) is 10.7. The highest BCUT2D eigenvalue weighted by molar-refractivity contribution is 6.18. The number of aliphatic hydroxyl groups excluding tert-OH is 2. The van der Waals surface area contributed by atoms with E-state index in [2.05, 4.69) is 35.9 Å². The van der Waals surface area contributed by atoms with Crippen molar-refractivity contribution in [1.82, 2.24) is 38.2 Å². The van der Waals surface area contributed by atoms with Crippen molar-refractivity contribution in [2.75, 3.05) is 40.1 Å². The molecule has 4 aromatic heterocycles. The number of amides is 3. The predicted molar refractivity (Wildman–Crippen MR) is 329 cm³/mol. The third-order valence-electron chi connectivity index (χ3n) is 15.8. The van der Waals surface area contributed by atoms with Gasteiger partial charge in [-0.3, -0.25) is 32.7 Å². The highest BCUT2D eigenvalue weighted by atomic mass is 35.5. The molecule has 0 saturated carbocycles. The standard InChI is InChI=1S/C18H19F2N3O3.C17H16ClF2N3O3.C17H17F2N3O4.C9H10ClF2N3O3/c1-3-13-11(2)18(19,20)16(26-13)23-10-9-14(22-17(23)25)21-15(24)12-7-5-4-6-8-12;1-10-12(9-18)26-15(17(10,19)20)23-8-7-13(22-16(23)25)21-14(24)11-5-3-2-4-6-11;1-10-12(9-23)26-15(17(10,18)19)22-8-7-13(21-16(22)25)20-14(24)11-5-3-2-4-6-11;10-3-4-6(16)9(11,12)7(18-4)15-2-1-5(13)14-8(15)17/h4-11,13,16H,3H2,1-2H3,(H,21,22,24,25);2-8,10,12,15H,9H2,1H3,(H,21,22,24,25);2-8,10,12,15,23H,9H2,1H3,(H,20,21,24,25);1-2,4,6-7,16H,3H2,(H2,13,14,17)/t11-,13-,16-;2*10-,12-,15-;4-,6-,7-/m1111/s1. The average Bonchev–Trinajstić information content (AvgIpc) is 1.63. The van der Waals surface area contributed by atoms with E-state index in [0.717, 1.165) is 23.2 Å². The zero-order valence-corrected chi connectivity index (χ0v) is 52.4. The van der Waals surface area contributed by atoms with Crippen LogP contribution in [-0.2, 0) is 18.9 Å². The molecular formula is C61H62Cl2F8N12O13. The first kappa shape index (κ1) is 73.0. The van der Waals surface area contributed by atoms with E-state index in [0.29, 0.717) is 36.8 Å². The number of nitrogens with one attached hydrogen (secondary N) is 3. The van der Waals surface area contributed by atoms with Gasteiger partial charge in [0, 0.05) is 47.4 Å². The molecule has 4 saturated heterocycles. The number of carbonyl (C=O) groups excluding carboxylic acids is 3. The Hall–Kier alpha value is -8.83. The van der Waals surface area contributed by atoms with E-state index < -0.39 is 144 Å². The Kier molecular flexibility index (Phi) is 23.2. The zero-order chi connectivity index (χ0) is 70.2. The van der Waals surface area contributed by atoms with Crippen LogP contribution in [0.5, 0.6) is 0 Å². The molecule has 4 fully saturated rings. The van der Waals surface area contributed by atoms with Crippen molar-refractivity contribution in [3.8, 4) is 0 Å². The number of alkyl halides is 10. The van der Waals surface area contributed by atoms with Gasteiger partial charge < -0.3 is 50.8 Å². The van der Waals surface area contributed by atoms with Crippen LogP contribution in [0.2, 0.25) is 0 Å². The quantitative estimate of drug-likeness (QED) is 0.0451. The summed E-state index contributed by atoms with van der Waals surface area (Å²) in [4.78, 5) is 98.5. The van der Waals surface area contributed by atoms with Gasteiger partial charge in [-0.2, -0.15) is 28.7 Å². The van der Waals surface area contributed by atoms with Gasteiger partial charge in [0.2, 0.25) is 24.9 Å². The summed E-state index contributed by atoms with van der Waals surface area (Å²) >= 11 is 11.1.